The van der Waals surface area contributed by atoms with Gasteiger partial charge in [0.2, 0.25) is 0 Å². The predicted octanol–water partition coefficient (Wildman–Crippen LogP) is 2.72. The van der Waals surface area contributed by atoms with Gasteiger partial charge in [-0.2, -0.15) is 0 Å². The normalized spacial score (nSPS) is 10.8. The lowest BCUT2D eigenvalue weighted by molar-refractivity contribution is 0.0691. The summed E-state index contributed by atoms with van der Waals surface area (Å²) in [5.41, 5.74) is 1.09. The van der Waals surface area contributed by atoms with Crippen LogP contribution in [0.15, 0.2) is 24.3 Å². The summed E-state index contributed by atoms with van der Waals surface area (Å²) in [5, 5.41) is 17.5. The fraction of sp³-hybridized carbons (Fsp3) is 0.357. The number of carbonyl (C=O) groups is 1. The smallest absolute Gasteiger partial charge is 0.358 e. The van der Waals surface area contributed by atoms with Crippen molar-refractivity contribution in [2.45, 2.75) is 19.9 Å². The van der Waals surface area contributed by atoms with E-state index >= 15 is 0 Å². The second-order valence-electron chi connectivity index (χ2n) is 4.43. The largest absolute Gasteiger partial charge is 0.476 e. The molecule has 1 aromatic heterocycles. The van der Waals surface area contributed by atoms with E-state index in [4.69, 9.17) is 16.3 Å². The van der Waals surface area contributed by atoms with Gasteiger partial charge in [0.15, 0.2) is 5.69 Å². The highest BCUT2D eigenvalue weighted by molar-refractivity contribution is 6.30. The van der Waals surface area contributed by atoms with E-state index in [1.165, 1.54) is 0 Å². The number of hydrogen-bond donors (Lipinski definition) is 1. The van der Waals surface area contributed by atoms with Crippen LogP contribution >= 0.6 is 11.6 Å². The molecule has 0 saturated carbocycles. The van der Waals surface area contributed by atoms with Gasteiger partial charge >= 0.3 is 5.97 Å². The van der Waals surface area contributed by atoms with Crippen LogP contribution in [0.1, 0.15) is 23.8 Å². The molecule has 2 aromatic rings. The molecule has 0 amide bonds. The summed E-state index contributed by atoms with van der Waals surface area (Å²) >= 11 is 5.86. The highest BCUT2D eigenvalue weighted by Crippen LogP contribution is 2.24. The molecule has 1 aromatic carbocycles. The van der Waals surface area contributed by atoms with Gasteiger partial charge in [0.1, 0.15) is 5.69 Å². The highest BCUT2D eigenvalue weighted by Gasteiger charge is 2.20. The Bertz CT molecular complexity index is 610. The molecule has 0 aliphatic heterocycles. The van der Waals surface area contributed by atoms with E-state index in [0.717, 1.165) is 6.42 Å². The molecule has 0 fully saturated rings. The van der Waals surface area contributed by atoms with Gasteiger partial charge < -0.3 is 9.84 Å². The molecule has 0 spiro atoms. The van der Waals surface area contributed by atoms with Gasteiger partial charge in [-0.05, 0) is 18.6 Å². The Kier molecular flexibility index (Phi) is 5.30. The van der Waals surface area contributed by atoms with Crippen LogP contribution in [0.5, 0.6) is 0 Å². The molecule has 6 nitrogen and oxygen atoms in total. The van der Waals surface area contributed by atoms with Crippen LogP contribution in [0.2, 0.25) is 5.02 Å². The van der Waals surface area contributed by atoms with Crippen molar-refractivity contribution >= 4 is 17.6 Å². The Morgan fingerprint density at radius 3 is 2.67 bits per heavy atom. The zero-order chi connectivity index (χ0) is 15.2. The molecule has 1 N–H and O–H groups in total. The van der Waals surface area contributed by atoms with Crippen LogP contribution in [0.25, 0.3) is 11.3 Å². The first kappa shape index (κ1) is 15.5. The first-order valence-electron chi connectivity index (χ1n) is 6.64. The third-order valence-corrected chi connectivity index (χ3v) is 3.10. The molecule has 112 valence electrons. The van der Waals surface area contributed by atoms with Crippen molar-refractivity contribution in [1.82, 2.24) is 15.0 Å². The SMILES string of the molecule is CCCOCCn1nnc(C(=O)O)c1-c1ccc(Cl)cc1. The number of ether oxygens (including phenoxy) is 1. The molecule has 0 aliphatic carbocycles. The lowest BCUT2D eigenvalue weighted by Gasteiger charge is -2.08. The fourth-order valence-electron chi connectivity index (χ4n) is 1.90. The lowest BCUT2D eigenvalue weighted by Crippen LogP contribution is -2.10. The van der Waals surface area contributed by atoms with Crippen molar-refractivity contribution in [3.63, 3.8) is 0 Å². The minimum atomic E-state index is -1.11. The monoisotopic (exact) mass is 309 g/mol. The van der Waals surface area contributed by atoms with Gasteiger partial charge in [-0.25, -0.2) is 9.48 Å². The van der Waals surface area contributed by atoms with E-state index in [-0.39, 0.29) is 5.69 Å². The Labute approximate surface area is 127 Å². The van der Waals surface area contributed by atoms with Gasteiger partial charge in [0.25, 0.3) is 0 Å². The fourth-order valence-corrected chi connectivity index (χ4v) is 2.03. The lowest BCUT2D eigenvalue weighted by atomic mass is 10.1. The van der Waals surface area contributed by atoms with E-state index in [9.17, 15) is 9.90 Å². The van der Waals surface area contributed by atoms with E-state index in [1.807, 2.05) is 6.92 Å². The standard InChI is InChI=1S/C14H16ClN3O3/c1-2-8-21-9-7-18-13(12(14(19)20)16-17-18)10-3-5-11(15)6-4-10/h3-6H,2,7-9H2,1H3,(H,19,20). The zero-order valence-electron chi connectivity index (χ0n) is 11.6. The van der Waals surface area contributed by atoms with Gasteiger partial charge in [-0.15, -0.1) is 5.10 Å². The van der Waals surface area contributed by atoms with Crippen molar-refractivity contribution in [3.8, 4) is 11.3 Å². The second-order valence-corrected chi connectivity index (χ2v) is 4.87. The molecule has 0 radical (unpaired) electrons. The van der Waals surface area contributed by atoms with Crippen molar-refractivity contribution in [1.29, 1.82) is 0 Å². The number of halogens is 1. The molecule has 2 rings (SSSR count). The summed E-state index contributed by atoms with van der Waals surface area (Å²) < 4.78 is 6.95. The number of rotatable bonds is 7. The number of aromatic nitrogens is 3. The van der Waals surface area contributed by atoms with Crippen molar-refractivity contribution in [3.05, 3.63) is 35.0 Å². The van der Waals surface area contributed by atoms with Crippen LogP contribution in [-0.2, 0) is 11.3 Å². The second kappa shape index (κ2) is 7.19. The number of benzene rings is 1. The van der Waals surface area contributed by atoms with Gasteiger partial charge in [0.05, 0.1) is 13.2 Å². The number of carboxylic acids is 1. The Hall–Kier alpha value is -1.92. The number of hydrogen-bond acceptors (Lipinski definition) is 4. The Morgan fingerprint density at radius 2 is 2.05 bits per heavy atom. The maximum Gasteiger partial charge on any atom is 0.358 e. The zero-order valence-corrected chi connectivity index (χ0v) is 12.4. The third-order valence-electron chi connectivity index (χ3n) is 2.85. The number of aromatic carboxylic acids is 1. The van der Waals surface area contributed by atoms with Gasteiger partial charge in [0, 0.05) is 17.2 Å². The van der Waals surface area contributed by atoms with Crippen molar-refractivity contribution in [2.75, 3.05) is 13.2 Å². The Morgan fingerprint density at radius 1 is 1.33 bits per heavy atom. The molecule has 0 atom stereocenters. The summed E-state index contributed by atoms with van der Waals surface area (Å²) in [6.07, 6.45) is 0.932. The molecule has 21 heavy (non-hydrogen) atoms. The number of carboxylic acid groups (broad SMARTS) is 1. The average Bonchev–Trinajstić information content (AvgIpc) is 2.88. The van der Waals surface area contributed by atoms with Gasteiger partial charge in [-0.3, -0.25) is 0 Å². The molecule has 0 unspecified atom stereocenters. The van der Waals surface area contributed by atoms with Crippen LogP contribution in [0.4, 0.5) is 0 Å². The predicted molar refractivity (Wildman–Crippen MR) is 78.5 cm³/mol. The topological polar surface area (TPSA) is 77.2 Å². The van der Waals surface area contributed by atoms with Crippen LogP contribution in [0, 0.1) is 0 Å². The minimum absolute atomic E-state index is 0.0761. The highest BCUT2D eigenvalue weighted by atomic mass is 35.5. The van der Waals surface area contributed by atoms with E-state index in [1.54, 1.807) is 28.9 Å². The van der Waals surface area contributed by atoms with Crippen molar-refractivity contribution in [2.24, 2.45) is 0 Å². The molecule has 0 bridgehead atoms. The molecular weight excluding hydrogens is 294 g/mol. The minimum Gasteiger partial charge on any atom is -0.476 e. The average molecular weight is 310 g/mol. The van der Waals surface area contributed by atoms with Crippen LogP contribution in [0.3, 0.4) is 0 Å². The Balaban J connectivity index is 2.29. The van der Waals surface area contributed by atoms with Crippen molar-refractivity contribution < 1.29 is 14.6 Å². The first-order chi connectivity index (χ1) is 10.1. The quantitative estimate of drug-likeness (QED) is 0.796. The van der Waals surface area contributed by atoms with E-state index in [2.05, 4.69) is 10.3 Å². The van der Waals surface area contributed by atoms with Crippen LogP contribution < -0.4 is 0 Å². The first-order valence-corrected chi connectivity index (χ1v) is 7.01. The number of nitrogens with zero attached hydrogens (tertiary/aromatic N) is 3. The van der Waals surface area contributed by atoms with E-state index in [0.29, 0.717) is 36.0 Å². The molecule has 1 heterocycles. The summed E-state index contributed by atoms with van der Waals surface area (Å²) in [6, 6.07) is 6.90. The van der Waals surface area contributed by atoms with E-state index < -0.39 is 5.97 Å². The van der Waals surface area contributed by atoms with Crippen LogP contribution in [-0.4, -0.2) is 39.3 Å². The molecule has 0 saturated heterocycles. The maximum absolute atomic E-state index is 11.3. The summed E-state index contributed by atoms with van der Waals surface area (Å²) in [7, 11) is 0. The summed E-state index contributed by atoms with van der Waals surface area (Å²) in [4.78, 5) is 11.3. The molecular formula is C14H16ClN3O3. The summed E-state index contributed by atoms with van der Waals surface area (Å²) in [5.74, 6) is -1.11. The molecule has 0 aliphatic rings. The maximum atomic E-state index is 11.3. The third kappa shape index (κ3) is 3.80. The van der Waals surface area contributed by atoms with Gasteiger partial charge in [-0.1, -0.05) is 35.9 Å². The molecule has 7 heteroatoms. The summed E-state index contributed by atoms with van der Waals surface area (Å²) in [6.45, 7) is 3.59.